The van der Waals surface area contributed by atoms with E-state index in [4.69, 9.17) is 0 Å². The van der Waals surface area contributed by atoms with E-state index in [1.54, 1.807) is 5.10 Å². The molecular weight excluding hydrogens is 217 g/mol. The zero-order valence-electron chi connectivity index (χ0n) is 7.59. The Balaban J connectivity index is 2.97. The first kappa shape index (κ1) is 11.3. The van der Waals surface area contributed by atoms with E-state index in [0.717, 1.165) is 7.11 Å². The largest absolute Gasteiger partial charge is 0.468 e. The summed E-state index contributed by atoms with van der Waals surface area (Å²) < 4.78 is 41.0. The average Bonchev–Trinajstić information content (AvgIpc) is 2.47. The number of rotatable bonds is 2. The molecule has 0 aliphatic carbocycles. The van der Waals surface area contributed by atoms with Crippen LogP contribution in [-0.2, 0) is 22.3 Å². The lowest BCUT2D eigenvalue weighted by molar-refractivity contribution is -0.144. The number of alkyl halides is 3. The number of nitrogens with zero attached hydrogens (tertiary/aromatic N) is 1. The van der Waals surface area contributed by atoms with Gasteiger partial charge in [-0.2, -0.15) is 13.2 Å². The van der Waals surface area contributed by atoms with Crippen LogP contribution in [-0.4, -0.2) is 22.9 Å². The van der Waals surface area contributed by atoms with Crippen molar-refractivity contribution in [3.8, 4) is 0 Å². The molecule has 1 rings (SSSR count). The van der Waals surface area contributed by atoms with E-state index in [1.165, 1.54) is 0 Å². The summed E-state index contributed by atoms with van der Waals surface area (Å²) in [6.07, 6.45) is -4.64. The third-order valence-electron chi connectivity index (χ3n) is 1.61. The van der Waals surface area contributed by atoms with Crippen molar-refractivity contribution in [3.63, 3.8) is 0 Å². The Hall–Kier alpha value is -1.73. The highest BCUT2D eigenvalue weighted by molar-refractivity contribution is 5.68. The number of halogens is 3. The van der Waals surface area contributed by atoms with Gasteiger partial charge in [0, 0.05) is 6.07 Å². The first-order valence-corrected chi connectivity index (χ1v) is 3.78. The van der Waals surface area contributed by atoms with Crippen LogP contribution in [0.25, 0.3) is 0 Å². The minimum Gasteiger partial charge on any atom is -0.468 e. The summed E-state index contributed by atoms with van der Waals surface area (Å²) in [4.78, 5) is 21.7. The molecule has 0 aliphatic rings. The van der Waals surface area contributed by atoms with Crippen LogP contribution in [0.2, 0.25) is 0 Å². The van der Waals surface area contributed by atoms with Crippen molar-refractivity contribution in [1.29, 1.82) is 0 Å². The molecule has 1 N–H and O–H groups in total. The molecule has 8 heteroatoms. The Morgan fingerprint density at radius 3 is 2.60 bits per heavy atom. The molecule has 84 valence electrons. The number of carbonyl (C=O) groups excluding carboxylic acids is 1. The quantitative estimate of drug-likeness (QED) is 0.738. The molecule has 0 atom stereocenters. The van der Waals surface area contributed by atoms with Crippen LogP contribution in [0, 0.1) is 0 Å². The topological polar surface area (TPSA) is 64.1 Å². The van der Waals surface area contributed by atoms with E-state index in [2.05, 4.69) is 4.74 Å². The van der Waals surface area contributed by atoms with E-state index in [1.807, 2.05) is 0 Å². The van der Waals surface area contributed by atoms with Gasteiger partial charge in [-0.05, 0) is 0 Å². The standard InChI is InChI=1S/C7H7F3N2O3/c1-15-6(14)3-12-5(13)2-4(11-12)7(8,9)10/h2,11H,3H2,1H3. The van der Waals surface area contributed by atoms with Crippen molar-refractivity contribution in [2.75, 3.05) is 7.11 Å². The van der Waals surface area contributed by atoms with Crippen LogP contribution < -0.4 is 5.56 Å². The van der Waals surface area contributed by atoms with Crippen molar-refractivity contribution >= 4 is 5.97 Å². The lowest BCUT2D eigenvalue weighted by atomic mass is 10.4. The third kappa shape index (κ3) is 2.61. The molecule has 0 aliphatic heterocycles. The molecular formula is C7H7F3N2O3. The molecule has 0 saturated heterocycles. The van der Waals surface area contributed by atoms with Gasteiger partial charge in [-0.1, -0.05) is 0 Å². The summed E-state index contributed by atoms with van der Waals surface area (Å²) >= 11 is 0. The molecule has 0 unspecified atom stereocenters. The maximum absolute atomic E-state index is 12.1. The first-order valence-electron chi connectivity index (χ1n) is 3.78. The summed E-state index contributed by atoms with van der Waals surface area (Å²) in [5.74, 6) is -0.812. The molecule has 1 aromatic heterocycles. The lowest BCUT2D eigenvalue weighted by Gasteiger charge is -2.03. The van der Waals surface area contributed by atoms with Gasteiger partial charge in [0.15, 0.2) is 0 Å². The third-order valence-corrected chi connectivity index (χ3v) is 1.61. The lowest BCUT2D eigenvalue weighted by Crippen LogP contribution is -2.22. The average molecular weight is 224 g/mol. The van der Waals surface area contributed by atoms with E-state index in [0.29, 0.717) is 10.7 Å². The molecule has 1 heterocycles. The van der Waals surface area contributed by atoms with Gasteiger partial charge in [-0.3, -0.25) is 14.7 Å². The highest BCUT2D eigenvalue weighted by atomic mass is 19.4. The van der Waals surface area contributed by atoms with Crippen molar-refractivity contribution < 1.29 is 22.7 Å². The van der Waals surface area contributed by atoms with Crippen molar-refractivity contribution in [2.24, 2.45) is 0 Å². The van der Waals surface area contributed by atoms with E-state index >= 15 is 0 Å². The van der Waals surface area contributed by atoms with Crippen LogP contribution in [0.15, 0.2) is 10.9 Å². The summed E-state index contributed by atoms with van der Waals surface area (Å²) in [5, 5.41) is 1.76. The van der Waals surface area contributed by atoms with E-state index in [9.17, 15) is 22.8 Å². The second kappa shape index (κ2) is 3.79. The number of nitrogens with one attached hydrogen (secondary N) is 1. The Labute approximate surface area is 81.4 Å². The van der Waals surface area contributed by atoms with Gasteiger partial charge >= 0.3 is 12.1 Å². The molecule has 0 fully saturated rings. The molecule has 0 aromatic carbocycles. The van der Waals surface area contributed by atoms with E-state index < -0.39 is 29.9 Å². The van der Waals surface area contributed by atoms with Crippen LogP contribution in [0.1, 0.15) is 5.69 Å². The van der Waals surface area contributed by atoms with Gasteiger partial charge in [0.25, 0.3) is 5.56 Å². The highest BCUT2D eigenvalue weighted by Gasteiger charge is 2.33. The number of aromatic amines is 1. The minimum absolute atomic E-state index is 0.378. The Kier molecular flexibility index (Phi) is 2.87. The second-order valence-corrected chi connectivity index (χ2v) is 2.67. The van der Waals surface area contributed by atoms with Crippen molar-refractivity contribution in [1.82, 2.24) is 9.78 Å². The minimum atomic E-state index is -4.64. The monoisotopic (exact) mass is 224 g/mol. The molecule has 0 radical (unpaired) electrons. The second-order valence-electron chi connectivity index (χ2n) is 2.67. The van der Waals surface area contributed by atoms with Gasteiger partial charge < -0.3 is 4.74 Å². The van der Waals surface area contributed by atoms with Crippen LogP contribution in [0.3, 0.4) is 0 Å². The molecule has 0 amide bonds. The Bertz CT molecular complexity index is 418. The first-order chi connectivity index (χ1) is 6.84. The highest BCUT2D eigenvalue weighted by Crippen LogP contribution is 2.26. The molecule has 5 nitrogen and oxygen atoms in total. The summed E-state index contributed by atoms with van der Waals surface area (Å²) in [7, 11) is 1.07. The van der Waals surface area contributed by atoms with E-state index in [-0.39, 0.29) is 0 Å². The van der Waals surface area contributed by atoms with Gasteiger partial charge in [-0.15, -0.1) is 0 Å². The van der Waals surface area contributed by atoms with Crippen molar-refractivity contribution in [2.45, 2.75) is 12.7 Å². The maximum atomic E-state index is 12.1. The molecule has 15 heavy (non-hydrogen) atoms. The number of methoxy groups -OCH3 is 1. The zero-order chi connectivity index (χ0) is 11.6. The molecule has 0 saturated carbocycles. The smallest absolute Gasteiger partial charge is 0.432 e. The molecule has 0 bridgehead atoms. The van der Waals surface area contributed by atoms with Crippen LogP contribution >= 0.6 is 0 Å². The number of carbonyl (C=O) groups is 1. The number of aromatic nitrogens is 2. The van der Waals surface area contributed by atoms with Gasteiger partial charge in [0.2, 0.25) is 0 Å². The van der Waals surface area contributed by atoms with Gasteiger partial charge in [-0.25, -0.2) is 4.68 Å². The summed E-state index contributed by atoms with van der Waals surface area (Å²) in [5.41, 5.74) is -2.14. The van der Waals surface area contributed by atoms with Crippen LogP contribution in [0.5, 0.6) is 0 Å². The number of ether oxygens (including phenoxy) is 1. The number of hydrogen-bond donors (Lipinski definition) is 1. The van der Waals surface area contributed by atoms with Gasteiger partial charge in [0.05, 0.1) is 7.11 Å². The Morgan fingerprint density at radius 2 is 2.20 bits per heavy atom. The fraction of sp³-hybridized carbons (Fsp3) is 0.429. The van der Waals surface area contributed by atoms with Crippen LogP contribution in [0.4, 0.5) is 13.2 Å². The normalized spacial score (nSPS) is 11.5. The molecule has 0 spiro atoms. The van der Waals surface area contributed by atoms with Crippen molar-refractivity contribution in [3.05, 3.63) is 22.1 Å². The zero-order valence-corrected chi connectivity index (χ0v) is 7.59. The predicted molar refractivity (Wildman–Crippen MR) is 42.1 cm³/mol. The summed E-state index contributed by atoms with van der Waals surface area (Å²) in [6, 6.07) is 0.378. The van der Waals surface area contributed by atoms with Gasteiger partial charge in [0.1, 0.15) is 12.2 Å². The fourth-order valence-corrected chi connectivity index (χ4v) is 0.890. The SMILES string of the molecule is COC(=O)Cn1[nH]c(C(F)(F)F)cc1=O. The fourth-order valence-electron chi connectivity index (χ4n) is 0.890. The number of H-pyrrole nitrogens is 1. The maximum Gasteiger partial charge on any atom is 0.432 e. The number of hydrogen-bond acceptors (Lipinski definition) is 3. The Morgan fingerprint density at radius 1 is 1.60 bits per heavy atom. The predicted octanol–water partition coefficient (Wildman–Crippen LogP) is 0.368. The number of esters is 1. The summed E-state index contributed by atoms with van der Waals surface area (Å²) in [6.45, 7) is -0.578. The molecule has 1 aromatic rings.